The van der Waals surface area contributed by atoms with Gasteiger partial charge in [-0.3, -0.25) is 0 Å². The predicted molar refractivity (Wildman–Crippen MR) is 74.7 cm³/mol. The normalized spacial score (nSPS) is 15.6. The molecule has 1 nitrogen and oxygen atoms in total. The van der Waals surface area contributed by atoms with E-state index in [1.54, 1.807) is 11.3 Å². The van der Waals surface area contributed by atoms with Gasteiger partial charge in [0.1, 0.15) is 0 Å². The van der Waals surface area contributed by atoms with Crippen LogP contribution in [0, 0.1) is 0 Å². The van der Waals surface area contributed by atoms with E-state index in [0.29, 0.717) is 6.04 Å². The van der Waals surface area contributed by atoms with E-state index in [-0.39, 0.29) is 0 Å². The molecule has 86 valence electrons. The highest BCUT2D eigenvalue weighted by Gasteiger charge is 2.24. The van der Waals surface area contributed by atoms with Crippen LogP contribution in [0.4, 0.5) is 5.69 Å². The lowest BCUT2D eigenvalue weighted by Crippen LogP contribution is -2.24. The van der Waals surface area contributed by atoms with Gasteiger partial charge in [0.15, 0.2) is 0 Å². The minimum Gasteiger partial charge on any atom is -0.360 e. The molecule has 0 fully saturated rings. The average Bonchev–Trinajstić information content (AvgIpc) is 3.01. The first-order valence-corrected chi connectivity index (χ1v) is 6.83. The Hall–Kier alpha value is -1.54. The molecule has 1 aliphatic heterocycles. The number of hydrogen-bond donors (Lipinski definition) is 0. The number of benzene rings is 1. The van der Waals surface area contributed by atoms with E-state index >= 15 is 0 Å². The maximum atomic E-state index is 4.00. The second-order valence-electron chi connectivity index (χ2n) is 4.31. The van der Waals surface area contributed by atoms with Crippen molar-refractivity contribution >= 4 is 17.0 Å². The van der Waals surface area contributed by atoms with Crippen LogP contribution in [-0.4, -0.2) is 6.54 Å². The van der Waals surface area contributed by atoms with E-state index in [0.717, 1.165) is 13.0 Å². The van der Waals surface area contributed by atoms with Gasteiger partial charge >= 0.3 is 0 Å². The summed E-state index contributed by atoms with van der Waals surface area (Å²) >= 11 is 1.75. The van der Waals surface area contributed by atoms with Crippen molar-refractivity contribution in [2.75, 3.05) is 11.4 Å². The molecular weight excluding hydrogens is 226 g/mol. The summed E-state index contributed by atoms with van der Waals surface area (Å²) in [5.74, 6) is 0. The highest BCUT2D eigenvalue weighted by molar-refractivity contribution is 7.08. The van der Waals surface area contributed by atoms with Gasteiger partial charge in [0, 0.05) is 12.2 Å². The van der Waals surface area contributed by atoms with Crippen molar-refractivity contribution in [3.8, 4) is 0 Å². The molecule has 0 aliphatic carbocycles. The maximum absolute atomic E-state index is 4.00. The zero-order valence-corrected chi connectivity index (χ0v) is 10.5. The molecule has 0 saturated heterocycles. The molecule has 1 aromatic heterocycles. The Balaban J connectivity index is 1.98. The highest BCUT2D eigenvalue weighted by Crippen LogP contribution is 2.35. The molecule has 2 heterocycles. The van der Waals surface area contributed by atoms with Crippen LogP contribution >= 0.6 is 11.3 Å². The van der Waals surface area contributed by atoms with Gasteiger partial charge in [-0.05, 0) is 40.4 Å². The number of hydrogen-bond acceptors (Lipinski definition) is 2. The Kier molecular flexibility index (Phi) is 2.73. The van der Waals surface area contributed by atoms with Gasteiger partial charge in [0.05, 0.1) is 6.04 Å². The van der Waals surface area contributed by atoms with Crippen LogP contribution in [0.15, 0.2) is 53.7 Å². The fraction of sp³-hybridized carbons (Fsp3) is 0.200. The molecule has 17 heavy (non-hydrogen) atoms. The van der Waals surface area contributed by atoms with Gasteiger partial charge < -0.3 is 4.90 Å². The number of anilines is 1. The van der Waals surface area contributed by atoms with Crippen molar-refractivity contribution in [2.24, 2.45) is 0 Å². The van der Waals surface area contributed by atoms with Crippen LogP contribution in [-0.2, 0) is 6.42 Å². The zero-order valence-electron chi connectivity index (χ0n) is 9.67. The minimum atomic E-state index is 0.310. The standard InChI is InChI=1S/C15H15NS/c1-2-14(13-8-10-17-11-13)16-9-7-12-5-3-4-6-15(12)16/h2-6,8,10-11,14H,1,7,9H2/t14-/m0/s1. The number of fused-ring (bicyclic) bond motifs is 1. The molecule has 0 saturated carbocycles. The van der Waals surface area contributed by atoms with E-state index in [2.05, 4.69) is 52.6 Å². The van der Waals surface area contributed by atoms with E-state index in [1.165, 1.54) is 16.8 Å². The van der Waals surface area contributed by atoms with Crippen molar-refractivity contribution in [3.05, 3.63) is 64.9 Å². The smallest absolute Gasteiger partial charge is 0.0732 e. The topological polar surface area (TPSA) is 3.24 Å². The summed E-state index contributed by atoms with van der Waals surface area (Å²) in [5, 5.41) is 4.35. The molecule has 1 aliphatic rings. The van der Waals surface area contributed by atoms with Crippen molar-refractivity contribution in [2.45, 2.75) is 12.5 Å². The molecule has 0 bridgehead atoms. The quantitative estimate of drug-likeness (QED) is 0.733. The molecular formula is C15H15NS. The lowest BCUT2D eigenvalue weighted by Gasteiger charge is -2.27. The first kappa shape index (κ1) is 10.6. The van der Waals surface area contributed by atoms with Gasteiger partial charge in [-0.2, -0.15) is 11.3 Å². The summed E-state index contributed by atoms with van der Waals surface area (Å²) in [6, 6.07) is 11.2. The molecule has 0 spiro atoms. The summed E-state index contributed by atoms with van der Waals surface area (Å²) in [6.07, 6.45) is 3.19. The highest BCUT2D eigenvalue weighted by atomic mass is 32.1. The largest absolute Gasteiger partial charge is 0.360 e. The van der Waals surface area contributed by atoms with Crippen LogP contribution < -0.4 is 4.90 Å². The Morgan fingerprint density at radius 3 is 2.94 bits per heavy atom. The molecule has 0 N–H and O–H groups in total. The Morgan fingerprint density at radius 2 is 2.18 bits per heavy atom. The third-order valence-electron chi connectivity index (χ3n) is 3.37. The Bertz CT molecular complexity index is 515. The van der Waals surface area contributed by atoms with Gasteiger partial charge in [-0.25, -0.2) is 0 Å². The molecule has 2 aromatic rings. The van der Waals surface area contributed by atoms with Crippen molar-refractivity contribution in [1.29, 1.82) is 0 Å². The van der Waals surface area contributed by atoms with Crippen LogP contribution in [0.25, 0.3) is 0 Å². The fourth-order valence-corrected chi connectivity index (χ4v) is 3.23. The monoisotopic (exact) mass is 241 g/mol. The van der Waals surface area contributed by atoms with Crippen LogP contribution in [0.2, 0.25) is 0 Å². The molecule has 0 radical (unpaired) electrons. The van der Waals surface area contributed by atoms with Crippen molar-refractivity contribution < 1.29 is 0 Å². The molecule has 0 unspecified atom stereocenters. The van der Waals surface area contributed by atoms with Gasteiger partial charge in [0.25, 0.3) is 0 Å². The first-order valence-electron chi connectivity index (χ1n) is 5.89. The summed E-state index contributed by atoms with van der Waals surface area (Å²) in [6.45, 7) is 5.09. The summed E-state index contributed by atoms with van der Waals surface area (Å²) < 4.78 is 0. The zero-order chi connectivity index (χ0) is 11.7. The summed E-state index contributed by atoms with van der Waals surface area (Å²) in [7, 11) is 0. The molecule has 3 rings (SSSR count). The first-order chi connectivity index (χ1) is 8.40. The average molecular weight is 241 g/mol. The van der Waals surface area contributed by atoms with E-state index in [4.69, 9.17) is 0 Å². The van der Waals surface area contributed by atoms with E-state index in [1.807, 2.05) is 6.08 Å². The molecule has 2 heteroatoms. The molecule has 1 aromatic carbocycles. The van der Waals surface area contributed by atoms with E-state index < -0.39 is 0 Å². The van der Waals surface area contributed by atoms with Crippen molar-refractivity contribution in [3.63, 3.8) is 0 Å². The predicted octanol–water partition coefficient (Wildman–Crippen LogP) is 4.04. The second kappa shape index (κ2) is 4.38. The second-order valence-corrected chi connectivity index (χ2v) is 5.09. The molecule has 1 atom stereocenters. The van der Waals surface area contributed by atoms with Crippen LogP contribution in [0.3, 0.4) is 0 Å². The third-order valence-corrected chi connectivity index (χ3v) is 4.07. The molecule has 0 amide bonds. The maximum Gasteiger partial charge on any atom is 0.0732 e. The van der Waals surface area contributed by atoms with Gasteiger partial charge in [0.2, 0.25) is 0 Å². The lowest BCUT2D eigenvalue weighted by molar-refractivity contribution is 0.757. The number of nitrogens with zero attached hydrogens (tertiary/aromatic N) is 1. The Labute approximate surface area is 106 Å². The van der Waals surface area contributed by atoms with Crippen LogP contribution in [0.5, 0.6) is 0 Å². The van der Waals surface area contributed by atoms with Gasteiger partial charge in [-0.1, -0.05) is 24.3 Å². The van der Waals surface area contributed by atoms with Crippen LogP contribution in [0.1, 0.15) is 17.2 Å². The lowest BCUT2D eigenvalue weighted by atomic mass is 10.1. The number of rotatable bonds is 3. The third kappa shape index (κ3) is 1.79. The minimum absolute atomic E-state index is 0.310. The summed E-state index contributed by atoms with van der Waals surface area (Å²) in [4.78, 5) is 2.45. The summed E-state index contributed by atoms with van der Waals surface area (Å²) in [5.41, 5.74) is 4.17. The Morgan fingerprint density at radius 1 is 1.29 bits per heavy atom. The van der Waals surface area contributed by atoms with E-state index in [9.17, 15) is 0 Å². The number of thiophene rings is 1. The fourth-order valence-electron chi connectivity index (χ4n) is 2.54. The SMILES string of the molecule is C=C[C@@H](c1ccsc1)N1CCc2ccccc21. The van der Waals surface area contributed by atoms with Crippen molar-refractivity contribution in [1.82, 2.24) is 0 Å². The van der Waals surface area contributed by atoms with Gasteiger partial charge in [-0.15, -0.1) is 6.58 Å². The number of para-hydroxylation sites is 1.